The van der Waals surface area contributed by atoms with Crippen LogP contribution >= 0.6 is 0 Å². The maximum Gasteiger partial charge on any atom is 0.418 e. The van der Waals surface area contributed by atoms with Gasteiger partial charge in [-0.05, 0) is 57.2 Å². The highest BCUT2D eigenvalue weighted by Gasteiger charge is 2.33. The van der Waals surface area contributed by atoms with Crippen LogP contribution in [0.25, 0.3) is 11.8 Å². The van der Waals surface area contributed by atoms with Crippen LogP contribution in [-0.2, 0) is 4.74 Å². The van der Waals surface area contributed by atoms with Crippen molar-refractivity contribution in [3.05, 3.63) is 89.7 Å². The molecule has 0 bridgehead atoms. The van der Waals surface area contributed by atoms with Gasteiger partial charge in [0.05, 0.1) is 11.4 Å². The summed E-state index contributed by atoms with van der Waals surface area (Å²) in [6.45, 7) is 5.49. The van der Waals surface area contributed by atoms with E-state index in [1.807, 2.05) is 87.5 Å². The minimum absolute atomic E-state index is 0.0894. The van der Waals surface area contributed by atoms with Gasteiger partial charge in [-0.15, -0.1) is 0 Å². The van der Waals surface area contributed by atoms with E-state index in [1.54, 1.807) is 17.2 Å². The van der Waals surface area contributed by atoms with E-state index in [-0.39, 0.29) is 5.91 Å². The Kier molecular flexibility index (Phi) is 4.59. The first kappa shape index (κ1) is 18.7. The molecule has 1 amide bonds. The van der Waals surface area contributed by atoms with E-state index in [0.717, 1.165) is 16.9 Å². The monoisotopic (exact) mass is 386 g/mol. The highest BCUT2D eigenvalue weighted by Crippen LogP contribution is 2.37. The summed E-state index contributed by atoms with van der Waals surface area (Å²) in [4.78, 5) is 27.4. The molecule has 2 aromatic carbocycles. The number of fused-ring (bicyclic) bond motifs is 1. The maximum absolute atomic E-state index is 13.1. The molecule has 1 aromatic heterocycles. The lowest BCUT2D eigenvalue weighted by molar-refractivity contribution is 0.0536. The second-order valence-electron chi connectivity index (χ2n) is 7.83. The summed E-state index contributed by atoms with van der Waals surface area (Å²) < 4.78 is 6.95. The summed E-state index contributed by atoms with van der Waals surface area (Å²) in [6.07, 6.45) is 3.05. The molecule has 0 spiro atoms. The minimum atomic E-state index is -0.599. The fraction of sp³-hybridized carbons (Fsp3) is 0.167. The van der Waals surface area contributed by atoms with Crippen molar-refractivity contribution in [1.29, 1.82) is 0 Å². The summed E-state index contributed by atoms with van der Waals surface area (Å²) in [6, 6.07) is 20.6. The first-order chi connectivity index (χ1) is 13.8. The van der Waals surface area contributed by atoms with E-state index >= 15 is 0 Å². The van der Waals surface area contributed by atoms with Gasteiger partial charge in [-0.25, -0.2) is 4.79 Å². The zero-order valence-electron chi connectivity index (χ0n) is 16.6. The first-order valence-corrected chi connectivity index (χ1v) is 9.46. The smallest absolute Gasteiger partial charge is 0.418 e. The molecule has 5 heteroatoms. The van der Waals surface area contributed by atoms with Crippen molar-refractivity contribution in [2.45, 2.75) is 26.4 Å². The molecule has 0 N–H and O–H groups in total. The number of nitrogens with zero attached hydrogens (tertiary/aromatic N) is 2. The van der Waals surface area contributed by atoms with Gasteiger partial charge in [-0.3, -0.25) is 14.3 Å². The molecule has 0 fully saturated rings. The molecule has 1 aliphatic heterocycles. The molecule has 0 unspecified atom stereocenters. The summed E-state index contributed by atoms with van der Waals surface area (Å²) in [7, 11) is 0. The highest BCUT2D eigenvalue weighted by atomic mass is 16.6. The maximum atomic E-state index is 13.1. The standard InChI is InChI=1S/C24H22N2O3/c1-24(2,3)29-23(28)25-15-9-12-18(25)16-21-19-13-7-8-14-20(19)22(27)26(21)17-10-5-4-6-11-17/h4-16H,1-3H3/b21-16+. The van der Waals surface area contributed by atoms with E-state index in [0.29, 0.717) is 11.3 Å². The molecule has 0 atom stereocenters. The average molecular weight is 386 g/mol. The molecule has 29 heavy (non-hydrogen) atoms. The molecular weight excluding hydrogens is 364 g/mol. The molecule has 1 aliphatic rings. The van der Waals surface area contributed by atoms with Crippen LogP contribution in [0.2, 0.25) is 0 Å². The van der Waals surface area contributed by atoms with Crippen LogP contribution in [0, 0.1) is 0 Å². The number of benzene rings is 2. The number of amides is 1. The zero-order chi connectivity index (χ0) is 20.6. The van der Waals surface area contributed by atoms with Crippen molar-refractivity contribution in [3.8, 4) is 0 Å². The quantitative estimate of drug-likeness (QED) is 0.590. The molecule has 0 saturated carbocycles. The fourth-order valence-electron chi connectivity index (χ4n) is 3.35. The second kappa shape index (κ2) is 7.09. The van der Waals surface area contributed by atoms with Gasteiger partial charge in [-0.2, -0.15) is 0 Å². The number of para-hydroxylation sites is 1. The molecule has 2 heterocycles. The van der Waals surface area contributed by atoms with Crippen LogP contribution in [-0.4, -0.2) is 22.2 Å². The Labute approximate surface area is 169 Å². The zero-order valence-corrected chi connectivity index (χ0v) is 16.6. The topological polar surface area (TPSA) is 51.5 Å². The molecule has 0 aliphatic carbocycles. The molecule has 0 radical (unpaired) electrons. The predicted molar refractivity (Wildman–Crippen MR) is 114 cm³/mol. The lowest BCUT2D eigenvalue weighted by atomic mass is 10.1. The fourth-order valence-corrected chi connectivity index (χ4v) is 3.35. The predicted octanol–water partition coefficient (Wildman–Crippen LogP) is 5.43. The van der Waals surface area contributed by atoms with Gasteiger partial charge in [0.15, 0.2) is 0 Å². The van der Waals surface area contributed by atoms with Crippen molar-refractivity contribution >= 4 is 29.5 Å². The molecule has 5 nitrogen and oxygen atoms in total. The number of ether oxygens (including phenoxy) is 1. The van der Waals surface area contributed by atoms with Crippen molar-refractivity contribution < 1.29 is 14.3 Å². The van der Waals surface area contributed by atoms with Crippen LogP contribution in [0.4, 0.5) is 10.5 Å². The summed E-state index contributed by atoms with van der Waals surface area (Å²) in [5.74, 6) is -0.0894. The SMILES string of the molecule is CC(C)(C)OC(=O)n1cccc1/C=C1\c2ccccc2C(=O)N1c1ccccc1. The second-order valence-corrected chi connectivity index (χ2v) is 7.83. The third-order valence-corrected chi connectivity index (χ3v) is 4.55. The normalized spacial score (nSPS) is 14.9. The van der Waals surface area contributed by atoms with Gasteiger partial charge < -0.3 is 4.74 Å². The lowest BCUT2D eigenvalue weighted by Gasteiger charge is -2.21. The summed E-state index contributed by atoms with van der Waals surface area (Å²) in [5.41, 5.74) is 3.00. The lowest BCUT2D eigenvalue weighted by Crippen LogP contribution is -2.27. The highest BCUT2D eigenvalue weighted by molar-refractivity contribution is 6.24. The van der Waals surface area contributed by atoms with Gasteiger partial charge in [-0.1, -0.05) is 36.4 Å². The summed E-state index contributed by atoms with van der Waals surface area (Å²) in [5, 5.41) is 0. The Morgan fingerprint density at radius 1 is 0.897 bits per heavy atom. The Bertz CT molecular complexity index is 1100. The van der Waals surface area contributed by atoms with Gasteiger partial charge in [0.1, 0.15) is 5.60 Å². The molecule has 4 rings (SSSR count). The Morgan fingerprint density at radius 3 is 2.24 bits per heavy atom. The van der Waals surface area contributed by atoms with Gasteiger partial charge >= 0.3 is 6.09 Å². The largest absolute Gasteiger partial charge is 0.443 e. The number of carbonyl (C=O) groups is 2. The Balaban J connectivity index is 1.82. The van der Waals surface area contributed by atoms with E-state index in [2.05, 4.69) is 0 Å². The molecule has 3 aromatic rings. The van der Waals surface area contributed by atoms with Crippen LogP contribution in [0.5, 0.6) is 0 Å². The third-order valence-electron chi connectivity index (χ3n) is 4.55. The van der Waals surface area contributed by atoms with Gasteiger partial charge in [0.25, 0.3) is 5.91 Å². The molecule has 146 valence electrons. The minimum Gasteiger partial charge on any atom is -0.443 e. The van der Waals surface area contributed by atoms with E-state index in [1.165, 1.54) is 4.57 Å². The van der Waals surface area contributed by atoms with Crippen molar-refractivity contribution in [3.63, 3.8) is 0 Å². The number of hydrogen-bond acceptors (Lipinski definition) is 3. The Hall–Kier alpha value is -3.60. The van der Waals surface area contributed by atoms with Crippen LogP contribution in [0.3, 0.4) is 0 Å². The Morgan fingerprint density at radius 2 is 1.55 bits per heavy atom. The van der Waals surface area contributed by atoms with Crippen LogP contribution < -0.4 is 4.90 Å². The van der Waals surface area contributed by atoms with Crippen molar-refractivity contribution in [1.82, 2.24) is 4.57 Å². The van der Waals surface area contributed by atoms with E-state index < -0.39 is 11.7 Å². The van der Waals surface area contributed by atoms with Crippen LogP contribution in [0.15, 0.2) is 72.9 Å². The van der Waals surface area contributed by atoms with Gasteiger partial charge in [0, 0.05) is 23.0 Å². The third kappa shape index (κ3) is 3.59. The van der Waals surface area contributed by atoms with E-state index in [4.69, 9.17) is 4.74 Å². The molecule has 0 saturated heterocycles. The van der Waals surface area contributed by atoms with E-state index in [9.17, 15) is 9.59 Å². The van der Waals surface area contributed by atoms with Gasteiger partial charge in [0.2, 0.25) is 0 Å². The number of carbonyl (C=O) groups excluding carboxylic acids is 2. The number of hydrogen-bond donors (Lipinski definition) is 0. The number of anilines is 1. The average Bonchev–Trinajstić information content (AvgIpc) is 3.25. The molecular formula is C24H22N2O3. The number of rotatable bonds is 2. The van der Waals surface area contributed by atoms with Crippen molar-refractivity contribution in [2.24, 2.45) is 0 Å². The number of aromatic nitrogens is 1. The van der Waals surface area contributed by atoms with Crippen LogP contribution in [0.1, 0.15) is 42.4 Å². The van der Waals surface area contributed by atoms with Crippen molar-refractivity contribution in [2.75, 3.05) is 4.90 Å². The first-order valence-electron chi connectivity index (χ1n) is 9.46. The summed E-state index contributed by atoms with van der Waals surface area (Å²) >= 11 is 0.